The maximum atomic E-state index is 8.96. The van der Waals surface area contributed by atoms with Gasteiger partial charge in [-0.2, -0.15) is 0 Å². The number of hydrogen-bond donors (Lipinski definition) is 0. The fraction of sp³-hybridized carbons (Fsp3) is 0.419. The summed E-state index contributed by atoms with van der Waals surface area (Å²) in [7, 11) is 0. The fourth-order valence-corrected chi connectivity index (χ4v) is 10.3. The number of pyridine rings is 2. The molecule has 10 rings (SSSR count). The van der Waals surface area contributed by atoms with Crippen molar-refractivity contribution >= 4 is 43.5 Å². The van der Waals surface area contributed by atoms with E-state index in [-0.39, 0.29) is 58.3 Å². The fourth-order valence-electron chi connectivity index (χ4n) is 10.3. The Labute approximate surface area is 416 Å². The van der Waals surface area contributed by atoms with E-state index in [1.165, 1.54) is 64.0 Å². The third-order valence-electron chi connectivity index (χ3n) is 14.7. The van der Waals surface area contributed by atoms with Gasteiger partial charge in [0.2, 0.25) is 0 Å². The number of rotatable bonds is 3. The zero-order chi connectivity index (χ0) is 50.9. The number of aromatic nitrogens is 2. The topological polar surface area (TPSA) is 38.9 Å². The van der Waals surface area contributed by atoms with Crippen LogP contribution in [0, 0.1) is 24.4 Å². The van der Waals surface area contributed by atoms with Crippen molar-refractivity contribution in [1.82, 2.24) is 9.97 Å². The van der Waals surface area contributed by atoms with Crippen molar-refractivity contribution in [1.29, 1.82) is 0 Å². The Morgan fingerprint density at radius 1 is 0.621 bits per heavy atom. The van der Waals surface area contributed by atoms with Crippen LogP contribution in [-0.4, -0.2) is 9.97 Å². The first kappa shape index (κ1) is 41.5. The predicted octanol–water partition coefficient (Wildman–Crippen LogP) is 17.2. The van der Waals surface area contributed by atoms with Crippen molar-refractivity contribution in [3.8, 4) is 22.5 Å². The van der Waals surface area contributed by atoms with Crippen molar-refractivity contribution in [2.75, 3.05) is 0 Å². The van der Waals surface area contributed by atoms with E-state index in [9.17, 15) is 0 Å². The minimum absolute atomic E-state index is 0. The van der Waals surface area contributed by atoms with Gasteiger partial charge >= 0.3 is 0 Å². The Kier molecular flexibility index (Phi) is 10.4. The first-order valence-corrected chi connectivity index (χ1v) is 23.6. The monoisotopic (exact) mass is 1060 g/mol. The van der Waals surface area contributed by atoms with Crippen molar-refractivity contribution in [2.24, 2.45) is 5.41 Å². The Bertz CT molecular complexity index is 3360. The molecule has 2 aliphatic carbocycles. The Balaban J connectivity index is 0.000000228. The molecule has 1 radical (unpaired) electrons. The van der Waals surface area contributed by atoms with Gasteiger partial charge in [0.05, 0.1) is 5.58 Å². The van der Waals surface area contributed by atoms with Gasteiger partial charge in [-0.15, -0.1) is 53.1 Å². The summed E-state index contributed by atoms with van der Waals surface area (Å²) in [5.41, 5.74) is 11.5. The molecule has 0 aliphatic heterocycles. The molecule has 0 bridgehead atoms. The molecule has 66 heavy (non-hydrogen) atoms. The van der Waals surface area contributed by atoms with E-state index >= 15 is 0 Å². The molecule has 0 saturated carbocycles. The van der Waals surface area contributed by atoms with E-state index in [1.54, 1.807) is 26.8 Å². The molecule has 0 N–H and O–H groups in total. The van der Waals surface area contributed by atoms with Crippen LogP contribution in [0.15, 0.2) is 95.7 Å². The Morgan fingerprint density at radius 3 is 1.82 bits per heavy atom. The summed E-state index contributed by atoms with van der Waals surface area (Å²) in [6.07, 6.45) is 6.15. The molecule has 3 aromatic heterocycles. The van der Waals surface area contributed by atoms with Gasteiger partial charge in [0.1, 0.15) is 5.58 Å². The molecule has 0 amide bonds. The molecule has 0 spiro atoms. The molecule has 2 aliphatic rings. The molecule has 0 atom stereocenters. The summed E-state index contributed by atoms with van der Waals surface area (Å²) >= 11 is 0. The van der Waals surface area contributed by atoms with Gasteiger partial charge in [0.15, 0.2) is 0 Å². The molecule has 4 heteroatoms. The van der Waals surface area contributed by atoms with E-state index in [1.807, 2.05) is 18.3 Å². The van der Waals surface area contributed by atoms with Crippen LogP contribution in [0.5, 0.6) is 0 Å². The molecule has 3 heterocycles. The van der Waals surface area contributed by atoms with Crippen LogP contribution in [0.1, 0.15) is 168 Å². The van der Waals surface area contributed by atoms with Crippen molar-refractivity contribution in [2.45, 2.75) is 163 Å². The van der Waals surface area contributed by atoms with E-state index in [0.717, 1.165) is 44.8 Å². The van der Waals surface area contributed by atoms with Crippen LogP contribution in [0.4, 0.5) is 0 Å². The van der Waals surface area contributed by atoms with Crippen molar-refractivity contribution in [3.63, 3.8) is 0 Å². The molecule has 0 fully saturated rings. The molecule has 5 aromatic carbocycles. The summed E-state index contributed by atoms with van der Waals surface area (Å²) in [6.45, 7) is 28.3. The normalized spacial score (nSPS) is 18.7. The van der Waals surface area contributed by atoms with Crippen LogP contribution in [0.25, 0.3) is 66.0 Å². The van der Waals surface area contributed by atoms with Gasteiger partial charge in [0, 0.05) is 44.7 Å². The van der Waals surface area contributed by atoms with Crippen LogP contribution in [0.3, 0.4) is 0 Å². The summed E-state index contributed by atoms with van der Waals surface area (Å²) in [4.78, 5) is 9.25. The standard InChI is InChI=1S/C39H40NO.C23H30N.Ir/c1-23-22-40-34(18-26(23)21-37(2,3)4)28-11-9-10-27-31-16-24-12-13-25-17-32-33(39(7,8)15-14-38(32,5)6)19-29(25)30(24)20-35(31)41-36(27)28;1-21(2,3)17-9-11-20(24-15-17)16-8-10-18-19(14-16)23(6,7)13-12-22(18,4)5;/h9-10,12-13,16-20,22H,14-15,21H2,1-8H3;9-11,14-15H,12-13H2,1-7H3;/q2*-1;/i1D3,21D2;;. The van der Waals surface area contributed by atoms with Crippen LogP contribution in [-0.2, 0) is 53.6 Å². The van der Waals surface area contributed by atoms with Gasteiger partial charge in [-0.1, -0.05) is 156 Å². The maximum Gasteiger partial charge on any atom is 0.121 e. The largest absolute Gasteiger partial charge is 0.501 e. The first-order valence-electron chi connectivity index (χ1n) is 26.1. The van der Waals surface area contributed by atoms with E-state index in [4.69, 9.17) is 16.3 Å². The summed E-state index contributed by atoms with van der Waals surface area (Å²) in [6, 6.07) is 34.6. The zero-order valence-electron chi connectivity index (χ0n) is 46.6. The molecular formula is C62H70IrN2O-2. The van der Waals surface area contributed by atoms with E-state index in [0.29, 0.717) is 16.8 Å². The average Bonchev–Trinajstić information content (AvgIpc) is 3.65. The maximum absolute atomic E-state index is 8.96. The first-order chi connectivity index (χ1) is 32.3. The second kappa shape index (κ2) is 16.6. The van der Waals surface area contributed by atoms with Crippen molar-refractivity contribution in [3.05, 3.63) is 142 Å². The van der Waals surface area contributed by atoms with E-state index in [2.05, 4.69) is 154 Å². The van der Waals surface area contributed by atoms with Crippen LogP contribution < -0.4 is 0 Å². The smallest absolute Gasteiger partial charge is 0.121 e. The third-order valence-corrected chi connectivity index (χ3v) is 14.7. The number of fused-ring (bicyclic) bond motifs is 8. The van der Waals surface area contributed by atoms with Crippen LogP contribution >= 0.6 is 0 Å². The molecular weight excluding hydrogens is 981 g/mol. The van der Waals surface area contributed by atoms with Gasteiger partial charge in [-0.25, -0.2) is 0 Å². The minimum atomic E-state index is -2.51. The second-order valence-corrected chi connectivity index (χ2v) is 23.8. The SMILES string of the molecule is CC(C)(C)c1ccc(-c2[c-]cc3c(c2)C(C)(C)CCC3(C)C)nc1.[2H]C([2H])([2H])c1cnc(-c2[c-]ccc3c2oc2cc4c(ccc5cc6c(cc54)C(C)(C)CCC6(C)C)cc23)cc1C([2H])([2H])C(C)(C)C.[Ir]. The number of furan rings is 1. The van der Waals surface area contributed by atoms with Gasteiger partial charge in [0.25, 0.3) is 0 Å². The minimum Gasteiger partial charge on any atom is -0.501 e. The van der Waals surface area contributed by atoms with Gasteiger partial charge in [-0.05, 0) is 138 Å². The van der Waals surface area contributed by atoms with Crippen LogP contribution in [0.2, 0.25) is 0 Å². The third kappa shape index (κ3) is 8.83. The molecule has 0 saturated heterocycles. The summed E-state index contributed by atoms with van der Waals surface area (Å²) in [5, 5.41) is 6.58. The number of hydrogen-bond acceptors (Lipinski definition) is 3. The zero-order valence-corrected chi connectivity index (χ0v) is 44.0. The predicted molar refractivity (Wildman–Crippen MR) is 276 cm³/mol. The molecule has 345 valence electrons. The Hall–Kier alpha value is -4.63. The quantitative estimate of drug-likeness (QED) is 0.131. The number of benzene rings is 5. The number of nitrogens with zero attached hydrogens (tertiary/aromatic N) is 2. The average molecular weight is 1060 g/mol. The summed E-state index contributed by atoms with van der Waals surface area (Å²) in [5.74, 6) is 0. The van der Waals surface area contributed by atoms with Crippen molar-refractivity contribution < 1.29 is 31.4 Å². The second-order valence-electron chi connectivity index (χ2n) is 23.8. The van der Waals surface area contributed by atoms with E-state index < -0.39 is 18.6 Å². The molecule has 3 nitrogen and oxygen atoms in total. The number of aryl methyl sites for hydroxylation is 1. The van der Waals surface area contributed by atoms with Gasteiger partial charge < -0.3 is 14.4 Å². The van der Waals surface area contributed by atoms with Gasteiger partial charge in [-0.3, -0.25) is 0 Å². The summed E-state index contributed by atoms with van der Waals surface area (Å²) < 4.78 is 48.8. The molecule has 0 unspecified atom stereocenters. The Morgan fingerprint density at radius 2 is 1.21 bits per heavy atom. The molecule has 8 aromatic rings.